The zero-order valence-electron chi connectivity index (χ0n) is 11.9. The zero-order valence-corrected chi connectivity index (χ0v) is 12.7. The van der Waals surface area contributed by atoms with Crippen molar-refractivity contribution in [3.63, 3.8) is 0 Å². The number of aromatic carboxylic acids is 1. The van der Waals surface area contributed by atoms with Crippen LogP contribution in [0, 0.1) is 0 Å². The van der Waals surface area contributed by atoms with E-state index < -0.39 is 5.97 Å². The van der Waals surface area contributed by atoms with Crippen molar-refractivity contribution in [2.75, 3.05) is 0 Å². The highest BCUT2D eigenvalue weighted by molar-refractivity contribution is 7.99. The predicted octanol–water partition coefficient (Wildman–Crippen LogP) is 4.83. The van der Waals surface area contributed by atoms with E-state index in [1.165, 1.54) is 5.56 Å². The standard InChI is InChI=1S/C17H18O2S/c1-17(2,3)13-7-9-14(10-8-13)20-15-6-4-5-12(11-15)16(18)19/h4-11H,1-3H3,(H,18,19). The van der Waals surface area contributed by atoms with Crippen LogP contribution in [0.25, 0.3) is 0 Å². The Hall–Kier alpha value is -1.74. The molecule has 2 aromatic carbocycles. The molecule has 0 spiro atoms. The Morgan fingerprint density at radius 2 is 1.65 bits per heavy atom. The molecule has 104 valence electrons. The van der Waals surface area contributed by atoms with Crippen molar-refractivity contribution in [3.8, 4) is 0 Å². The van der Waals surface area contributed by atoms with Crippen molar-refractivity contribution in [2.24, 2.45) is 0 Å². The largest absolute Gasteiger partial charge is 0.478 e. The molecule has 0 heterocycles. The highest BCUT2D eigenvalue weighted by atomic mass is 32.2. The molecule has 2 aromatic rings. The van der Waals surface area contributed by atoms with Gasteiger partial charge < -0.3 is 5.11 Å². The molecule has 0 atom stereocenters. The Bertz CT molecular complexity index is 610. The summed E-state index contributed by atoms with van der Waals surface area (Å²) in [5, 5.41) is 8.99. The van der Waals surface area contributed by atoms with Crippen molar-refractivity contribution in [1.29, 1.82) is 0 Å². The van der Waals surface area contributed by atoms with Crippen LogP contribution in [0.1, 0.15) is 36.7 Å². The first kappa shape index (κ1) is 14.7. The fraction of sp³-hybridized carbons (Fsp3) is 0.235. The molecule has 0 aromatic heterocycles. The maximum Gasteiger partial charge on any atom is 0.335 e. The molecule has 0 unspecified atom stereocenters. The molecule has 0 amide bonds. The van der Waals surface area contributed by atoms with Crippen LogP contribution in [-0.2, 0) is 5.41 Å². The second-order valence-electron chi connectivity index (χ2n) is 5.71. The van der Waals surface area contributed by atoms with Gasteiger partial charge in [0.2, 0.25) is 0 Å². The van der Waals surface area contributed by atoms with Crippen LogP contribution in [0.3, 0.4) is 0 Å². The van der Waals surface area contributed by atoms with Gasteiger partial charge >= 0.3 is 5.97 Å². The van der Waals surface area contributed by atoms with E-state index in [1.54, 1.807) is 30.0 Å². The minimum Gasteiger partial charge on any atom is -0.478 e. The average Bonchev–Trinajstić information content (AvgIpc) is 2.38. The van der Waals surface area contributed by atoms with E-state index in [2.05, 4.69) is 45.0 Å². The van der Waals surface area contributed by atoms with Crippen LogP contribution in [-0.4, -0.2) is 11.1 Å². The molecule has 0 aliphatic heterocycles. The SMILES string of the molecule is CC(C)(C)c1ccc(Sc2cccc(C(=O)O)c2)cc1. The highest BCUT2D eigenvalue weighted by Gasteiger charge is 2.13. The average molecular weight is 286 g/mol. The summed E-state index contributed by atoms with van der Waals surface area (Å²) < 4.78 is 0. The number of hydrogen-bond donors (Lipinski definition) is 1. The lowest BCUT2D eigenvalue weighted by atomic mass is 9.87. The monoisotopic (exact) mass is 286 g/mol. The number of benzene rings is 2. The minimum atomic E-state index is -0.893. The van der Waals surface area contributed by atoms with Crippen LogP contribution in [0.2, 0.25) is 0 Å². The Morgan fingerprint density at radius 3 is 2.20 bits per heavy atom. The van der Waals surface area contributed by atoms with Gasteiger partial charge in [-0.3, -0.25) is 0 Å². The summed E-state index contributed by atoms with van der Waals surface area (Å²) in [4.78, 5) is 13.0. The Labute approximate surface area is 123 Å². The molecule has 3 heteroatoms. The van der Waals surface area contributed by atoms with Gasteiger partial charge in [0, 0.05) is 9.79 Å². The summed E-state index contributed by atoms with van der Waals surface area (Å²) in [7, 11) is 0. The Balaban J connectivity index is 2.18. The third-order valence-corrected chi connectivity index (χ3v) is 4.03. The quantitative estimate of drug-likeness (QED) is 0.877. The van der Waals surface area contributed by atoms with E-state index in [9.17, 15) is 4.79 Å². The first-order valence-electron chi connectivity index (χ1n) is 6.48. The second kappa shape index (κ2) is 5.71. The maximum absolute atomic E-state index is 11.0. The van der Waals surface area contributed by atoms with E-state index in [4.69, 9.17) is 5.11 Å². The van der Waals surface area contributed by atoms with Crippen LogP contribution in [0.5, 0.6) is 0 Å². The van der Waals surface area contributed by atoms with Gasteiger partial charge in [0.05, 0.1) is 5.56 Å². The van der Waals surface area contributed by atoms with Crippen molar-refractivity contribution in [3.05, 3.63) is 59.7 Å². The molecule has 0 fully saturated rings. The normalized spacial score (nSPS) is 11.3. The topological polar surface area (TPSA) is 37.3 Å². The Morgan fingerprint density at radius 1 is 1.00 bits per heavy atom. The minimum absolute atomic E-state index is 0.145. The first-order chi connectivity index (χ1) is 9.36. The molecule has 2 nitrogen and oxygen atoms in total. The number of carbonyl (C=O) groups is 1. The predicted molar refractivity (Wildman–Crippen MR) is 82.7 cm³/mol. The van der Waals surface area contributed by atoms with Gasteiger partial charge in [-0.2, -0.15) is 0 Å². The smallest absolute Gasteiger partial charge is 0.335 e. The van der Waals surface area contributed by atoms with Gasteiger partial charge in [0.1, 0.15) is 0 Å². The van der Waals surface area contributed by atoms with E-state index in [0.717, 1.165) is 9.79 Å². The number of hydrogen-bond acceptors (Lipinski definition) is 2. The van der Waals surface area contributed by atoms with Crippen LogP contribution >= 0.6 is 11.8 Å². The van der Waals surface area contributed by atoms with Gasteiger partial charge in [-0.1, -0.05) is 50.7 Å². The summed E-state index contributed by atoms with van der Waals surface area (Å²) in [6.07, 6.45) is 0. The van der Waals surface area contributed by atoms with Crippen molar-refractivity contribution in [1.82, 2.24) is 0 Å². The summed E-state index contributed by atoms with van der Waals surface area (Å²) >= 11 is 1.58. The lowest BCUT2D eigenvalue weighted by Crippen LogP contribution is -2.10. The molecule has 0 saturated heterocycles. The molecule has 0 bridgehead atoms. The number of carboxylic acid groups (broad SMARTS) is 1. The van der Waals surface area contributed by atoms with E-state index in [-0.39, 0.29) is 5.41 Å². The second-order valence-corrected chi connectivity index (χ2v) is 6.86. The molecular formula is C17H18O2S. The summed E-state index contributed by atoms with van der Waals surface area (Å²) in [5.74, 6) is -0.893. The van der Waals surface area contributed by atoms with Crippen LogP contribution < -0.4 is 0 Å². The first-order valence-corrected chi connectivity index (χ1v) is 7.30. The van der Waals surface area contributed by atoms with Crippen molar-refractivity contribution >= 4 is 17.7 Å². The lowest BCUT2D eigenvalue weighted by Gasteiger charge is -2.19. The maximum atomic E-state index is 11.0. The molecule has 20 heavy (non-hydrogen) atoms. The summed E-state index contributed by atoms with van der Waals surface area (Å²) in [5.41, 5.74) is 1.76. The zero-order chi connectivity index (χ0) is 14.8. The Kier molecular flexibility index (Phi) is 4.19. The fourth-order valence-corrected chi connectivity index (χ4v) is 2.73. The molecule has 2 rings (SSSR count). The third-order valence-electron chi connectivity index (χ3n) is 3.04. The van der Waals surface area contributed by atoms with Gasteiger partial charge in [0.15, 0.2) is 0 Å². The van der Waals surface area contributed by atoms with Gasteiger partial charge in [0.25, 0.3) is 0 Å². The van der Waals surface area contributed by atoms with Crippen molar-refractivity contribution in [2.45, 2.75) is 36.0 Å². The van der Waals surface area contributed by atoms with E-state index in [1.807, 2.05) is 6.07 Å². The number of carboxylic acids is 1. The summed E-state index contributed by atoms with van der Waals surface area (Å²) in [6, 6.07) is 15.4. The van der Waals surface area contributed by atoms with E-state index >= 15 is 0 Å². The lowest BCUT2D eigenvalue weighted by molar-refractivity contribution is 0.0696. The molecule has 0 radical (unpaired) electrons. The van der Waals surface area contributed by atoms with Gasteiger partial charge in [-0.15, -0.1) is 0 Å². The molecule has 1 N–H and O–H groups in total. The third kappa shape index (κ3) is 3.64. The van der Waals surface area contributed by atoms with E-state index in [0.29, 0.717) is 5.56 Å². The van der Waals surface area contributed by atoms with Crippen LogP contribution in [0.4, 0.5) is 0 Å². The van der Waals surface area contributed by atoms with Crippen molar-refractivity contribution < 1.29 is 9.90 Å². The molecular weight excluding hydrogens is 268 g/mol. The summed E-state index contributed by atoms with van der Waals surface area (Å²) in [6.45, 7) is 6.56. The fourth-order valence-electron chi connectivity index (χ4n) is 1.85. The van der Waals surface area contributed by atoms with Gasteiger partial charge in [-0.25, -0.2) is 4.79 Å². The van der Waals surface area contributed by atoms with Gasteiger partial charge in [-0.05, 0) is 41.3 Å². The molecule has 0 saturated carbocycles. The molecule has 0 aliphatic carbocycles. The highest BCUT2D eigenvalue weighted by Crippen LogP contribution is 2.30. The molecule has 0 aliphatic rings. The van der Waals surface area contributed by atoms with Crippen LogP contribution in [0.15, 0.2) is 58.3 Å². The number of rotatable bonds is 3.